The molecule has 0 unspecified atom stereocenters. The standard InChI is InChI=1S/C25H22N6O2/c26-12-19-22(16-6-8-17(9-7-16)25(32)33)30-24-20(14-29-31(24)23(19)27)18-10-11-21(28-13-18)15-4-2-1-3-5-15/h1-5,10-11,13-14,16-17H,6-9,27H2,(H,32,33)/t16-,17-. The van der Waals surface area contributed by atoms with Crippen molar-refractivity contribution < 1.29 is 9.90 Å². The Morgan fingerprint density at radius 1 is 1.06 bits per heavy atom. The van der Waals surface area contributed by atoms with E-state index in [1.807, 2.05) is 42.5 Å². The summed E-state index contributed by atoms with van der Waals surface area (Å²) in [6, 6.07) is 16.0. The highest BCUT2D eigenvalue weighted by Gasteiger charge is 2.30. The molecule has 3 N–H and O–H groups in total. The molecule has 0 amide bonds. The maximum atomic E-state index is 11.3. The number of pyridine rings is 1. The molecule has 1 aliphatic carbocycles. The molecule has 8 heteroatoms. The number of nitrogens with zero attached hydrogens (tertiary/aromatic N) is 5. The summed E-state index contributed by atoms with van der Waals surface area (Å²) in [6.45, 7) is 0. The molecule has 4 aromatic rings. The summed E-state index contributed by atoms with van der Waals surface area (Å²) >= 11 is 0. The number of fused-ring (bicyclic) bond motifs is 1. The SMILES string of the molecule is N#Cc1c(N)n2ncc(-c3ccc(-c4ccccc4)nc3)c2nc1[C@H]1CC[C@H](C(=O)O)CC1. The van der Waals surface area contributed by atoms with Crippen molar-refractivity contribution in [3.05, 3.63) is 66.1 Å². The number of nitrogen functional groups attached to an aromatic ring is 1. The molecule has 3 aromatic heterocycles. The van der Waals surface area contributed by atoms with Gasteiger partial charge in [-0.25, -0.2) is 4.98 Å². The van der Waals surface area contributed by atoms with Crippen LogP contribution in [0.2, 0.25) is 0 Å². The maximum Gasteiger partial charge on any atom is 0.306 e. The molecular formula is C25H22N6O2. The van der Waals surface area contributed by atoms with Gasteiger partial charge in [0.05, 0.1) is 23.5 Å². The number of nitriles is 1. The number of hydrogen-bond acceptors (Lipinski definition) is 6. The number of aromatic nitrogens is 4. The average molecular weight is 438 g/mol. The van der Waals surface area contributed by atoms with Crippen molar-refractivity contribution in [2.45, 2.75) is 31.6 Å². The molecule has 0 spiro atoms. The van der Waals surface area contributed by atoms with E-state index in [1.165, 1.54) is 4.52 Å². The Morgan fingerprint density at radius 2 is 1.82 bits per heavy atom. The Hall–Kier alpha value is -4.25. The first-order valence-electron chi connectivity index (χ1n) is 10.9. The zero-order valence-corrected chi connectivity index (χ0v) is 17.8. The van der Waals surface area contributed by atoms with Crippen molar-refractivity contribution in [2.75, 3.05) is 5.73 Å². The number of carboxylic acids is 1. The fraction of sp³-hybridized carbons (Fsp3) is 0.240. The fourth-order valence-corrected chi connectivity index (χ4v) is 4.59. The van der Waals surface area contributed by atoms with Crippen LogP contribution >= 0.6 is 0 Å². The predicted molar refractivity (Wildman–Crippen MR) is 123 cm³/mol. The second kappa shape index (κ2) is 8.36. The Bertz CT molecular complexity index is 1360. The fourth-order valence-electron chi connectivity index (χ4n) is 4.59. The first-order chi connectivity index (χ1) is 16.1. The summed E-state index contributed by atoms with van der Waals surface area (Å²) in [5, 5.41) is 23.5. The lowest BCUT2D eigenvalue weighted by atomic mass is 9.79. The summed E-state index contributed by atoms with van der Waals surface area (Å²) in [6.07, 6.45) is 5.91. The minimum absolute atomic E-state index is 0.0103. The summed E-state index contributed by atoms with van der Waals surface area (Å²) < 4.78 is 1.49. The molecule has 8 nitrogen and oxygen atoms in total. The van der Waals surface area contributed by atoms with Gasteiger partial charge in [0.1, 0.15) is 17.5 Å². The van der Waals surface area contributed by atoms with E-state index in [-0.39, 0.29) is 17.7 Å². The van der Waals surface area contributed by atoms with E-state index < -0.39 is 5.97 Å². The lowest BCUT2D eigenvalue weighted by molar-refractivity contribution is -0.142. The lowest BCUT2D eigenvalue weighted by Crippen LogP contribution is -2.22. The van der Waals surface area contributed by atoms with Gasteiger partial charge in [0.15, 0.2) is 5.65 Å². The number of carbonyl (C=O) groups is 1. The Balaban J connectivity index is 1.54. The zero-order chi connectivity index (χ0) is 22.9. The van der Waals surface area contributed by atoms with E-state index in [0.29, 0.717) is 42.6 Å². The molecule has 164 valence electrons. The Labute approximate surface area is 190 Å². The van der Waals surface area contributed by atoms with Crippen molar-refractivity contribution in [2.24, 2.45) is 5.92 Å². The van der Waals surface area contributed by atoms with Crippen LogP contribution in [0, 0.1) is 17.2 Å². The summed E-state index contributed by atoms with van der Waals surface area (Å²) in [4.78, 5) is 20.8. The smallest absolute Gasteiger partial charge is 0.306 e. The van der Waals surface area contributed by atoms with E-state index in [0.717, 1.165) is 22.4 Å². The van der Waals surface area contributed by atoms with Crippen molar-refractivity contribution in [3.63, 3.8) is 0 Å². The average Bonchev–Trinajstić information content (AvgIpc) is 3.29. The molecule has 5 rings (SSSR count). The maximum absolute atomic E-state index is 11.3. The van der Waals surface area contributed by atoms with E-state index >= 15 is 0 Å². The van der Waals surface area contributed by atoms with Crippen molar-refractivity contribution in [1.29, 1.82) is 5.26 Å². The van der Waals surface area contributed by atoms with E-state index in [4.69, 9.17) is 10.7 Å². The van der Waals surface area contributed by atoms with Gasteiger partial charge in [0.25, 0.3) is 0 Å². The van der Waals surface area contributed by atoms with Crippen molar-refractivity contribution in [3.8, 4) is 28.5 Å². The molecule has 3 heterocycles. The highest BCUT2D eigenvalue weighted by atomic mass is 16.4. The zero-order valence-electron chi connectivity index (χ0n) is 17.8. The van der Waals surface area contributed by atoms with Gasteiger partial charge >= 0.3 is 5.97 Å². The second-order valence-corrected chi connectivity index (χ2v) is 8.35. The Kier molecular flexibility index (Phi) is 5.23. The number of anilines is 1. The van der Waals surface area contributed by atoms with Crippen LogP contribution in [0.3, 0.4) is 0 Å². The summed E-state index contributed by atoms with van der Waals surface area (Å²) in [7, 11) is 0. The molecule has 0 atom stereocenters. The molecule has 0 aliphatic heterocycles. The highest BCUT2D eigenvalue weighted by molar-refractivity contribution is 5.79. The first-order valence-corrected chi connectivity index (χ1v) is 10.9. The third kappa shape index (κ3) is 3.68. The van der Waals surface area contributed by atoms with E-state index in [2.05, 4.69) is 16.2 Å². The van der Waals surface area contributed by atoms with Crippen LogP contribution in [-0.2, 0) is 4.79 Å². The van der Waals surface area contributed by atoms with Gasteiger partial charge in [-0.15, -0.1) is 0 Å². The number of nitrogens with two attached hydrogens (primary N) is 1. The molecule has 33 heavy (non-hydrogen) atoms. The van der Waals surface area contributed by atoms with Crippen molar-refractivity contribution >= 4 is 17.4 Å². The van der Waals surface area contributed by atoms with E-state index in [1.54, 1.807) is 12.4 Å². The van der Waals surface area contributed by atoms with Gasteiger partial charge in [0, 0.05) is 28.8 Å². The summed E-state index contributed by atoms with van der Waals surface area (Å²) in [5.74, 6) is -0.865. The van der Waals surface area contributed by atoms with Gasteiger partial charge in [-0.3, -0.25) is 9.78 Å². The minimum Gasteiger partial charge on any atom is -0.481 e. The number of rotatable bonds is 4. The molecule has 0 radical (unpaired) electrons. The second-order valence-electron chi connectivity index (χ2n) is 8.35. The van der Waals surface area contributed by atoms with Crippen LogP contribution in [0.1, 0.15) is 42.9 Å². The molecule has 0 bridgehead atoms. The van der Waals surface area contributed by atoms with Crippen LogP contribution in [-0.4, -0.2) is 30.7 Å². The molecule has 1 aromatic carbocycles. The summed E-state index contributed by atoms with van der Waals surface area (Å²) in [5.41, 5.74) is 11.4. The van der Waals surface area contributed by atoms with Crippen LogP contribution in [0.25, 0.3) is 28.0 Å². The van der Waals surface area contributed by atoms with Crippen LogP contribution in [0.15, 0.2) is 54.9 Å². The molecule has 1 fully saturated rings. The van der Waals surface area contributed by atoms with Gasteiger partial charge in [-0.1, -0.05) is 36.4 Å². The molecule has 1 aliphatic rings. The van der Waals surface area contributed by atoms with E-state index in [9.17, 15) is 15.2 Å². The normalized spacial score (nSPS) is 18.2. The highest BCUT2D eigenvalue weighted by Crippen LogP contribution is 2.38. The van der Waals surface area contributed by atoms with Crippen LogP contribution in [0.4, 0.5) is 5.82 Å². The molecular weight excluding hydrogens is 416 g/mol. The third-order valence-corrected chi connectivity index (χ3v) is 6.43. The number of benzene rings is 1. The largest absolute Gasteiger partial charge is 0.481 e. The van der Waals surface area contributed by atoms with Crippen LogP contribution in [0.5, 0.6) is 0 Å². The third-order valence-electron chi connectivity index (χ3n) is 6.43. The quantitative estimate of drug-likeness (QED) is 0.486. The lowest BCUT2D eigenvalue weighted by Gasteiger charge is -2.26. The minimum atomic E-state index is -0.763. The topological polar surface area (TPSA) is 130 Å². The van der Waals surface area contributed by atoms with Gasteiger partial charge < -0.3 is 10.8 Å². The van der Waals surface area contributed by atoms with Gasteiger partial charge in [0.2, 0.25) is 0 Å². The predicted octanol–water partition coefficient (Wildman–Crippen LogP) is 4.27. The van der Waals surface area contributed by atoms with Crippen molar-refractivity contribution in [1.82, 2.24) is 19.6 Å². The van der Waals surface area contributed by atoms with Gasteiger partial charge in [-0.2, -0.15) is 14.9 Å². The first kappa shape index (κ1) is 20.6. The number of aliphatic carboxylic acids is 1. The monoisotopic (exact) mass is 438 g/mol. The number of hydrogen-bond donors (Lipinski definition) is 2. The Morgan fingerprint density at radius 3 is 2.45 bits per heavy atom. The number of carboxylic acid groups (broad SMARTS) is 1. The molecule has 0 saturated heterocycles. The van der Waals surface area contributed by atoms with Crippen LogP contribution < -0.4 is 5.73 Å². The van der Waals surface area contributed by atoms with Gasteiger partial charge in [-0.05, 0) is 31.7 Å². The molecule has 1 saturated carbocycles.